The number of ether oxygens (including phenoxy) is 2. The molecule has 0 bridgehead atoms. The average Bonchev–Trinajstić information content (AvgIpc) is 2.04. The van der Waals surface area contributed by atoms with Gasteiger partial charge in [-0.3, -0.25) is 0 Å². The lowest BCUT2D eigenvalue weighted by molar-refractivity contribution is 0.103. The van der Waals surface area contributed by atoms with Crippen LogP contribution < -0.4 is 0 Å². The zero-order valence-electron chi connectivity index (χ0n) is 7.85. The van der Waals surface area contributed by atoms with Gasteiger partial charge in [-0.2, -0.15) is 4.90 Å². The Kier molecular flexibility index (Phi) is 6.22. The van der Waals surface area contributed by atoms with Gasteiger partial charge in [0.05, 0.1) is 13.2 Å². The van der Waals surface area contributed by atoms with Crippen LogP contribution >= 0.6 is 24.8 Å². The van der Waals surface area contributed by atoms with E-state index in [2.05, 4.69) is 34.3 Å². The number of thiol groups is 1. The Bertz CT molecular complexity index is 226. The predicted molar refractivity (Wildman–Crippen MR) is 57.5 cm³/mol. The van der Waals surface area contributed by atoms with Crippen molar-refractivity contribution in [1.29, 1.82) is 0 Å². The zero-order valence-corrected chi connectivity index (χ0v) is 9.56. The molecule has 0 unspecified atom stereocenters. The number of rotatable bonds is 2. The molecule has 0 aliphatic rings. The molecule has 14 heavy (non-hydrogen) atoms. The lowest BCUT2D eigenvalue weighted by Crippen LogP contribution is -2.39. The summed E-state index contributed by atoms with van der Waals surface area (Å²) in [5, 5.41) is 0. The van der Waals surface area contributed by atoms with Gasteiger partial charge < -0.3 is 9.47 Å². The normalized spacial score (nSPS) is 9.07. The number of carbonyl (C=O) groups is 2. The van der Waals surface area contributed by atoms with E-state index >= 15 is 0 Å². The molecule has 0 spiro atoms. The Morgan fingerprint density at radius 1 is 1.21 bits per heavy atom. The summed E-state index contributed by atoms with van der Waals surface area (Å²) in [4.78, 5) is 22.9. The monoisotopic (exact) mass is 237 g/mol. The summed E-state index contributed by atoms with van der Waals surface area (Å²) < 4.78 is 8.96. The van der Waals surface area contributed by atoms with Gasteiger partial charge >= 0.3 is 12.2 Å². The van der Waals surface area contributed by atoms with Gasteiger partial charge in [0.15, 0.2) is 4.32 Å². The van der Waals surface area contributed by atoms with E-state index in [1.54, 1.807) is 13.8 Å². The molecule has 7 heteroatoms. The van der Waals surface area contributed by atoms with Crippen LogP contribution in [0.1, 0.15) is 13.8 Å². The number of carbonyl (C=O) groups excluding carboxylic acids is 2. The molecular weight excluding hydrogens is 226 g/mol. The van der Waals surface area contributed by atoms with Crippen molar-refractivity contribution in [3.63, 3.8) is 0 Å². The first kappa shape index (κ1) is 13.2. The molecule has 0 N–H and O–H groups in total. The number of hydrogen-bond acceptors (Lipinski definition) is 5. The van der Waals surface area contributed by atoms with Gasteiger partial charge in [-0.05, 0) is 13.8 Å². The molecule has 0 rings (SSSR count). The first-order valence-electron chi connectivity index (χ1n) is 3.91. The van der Waals surface area contributed by atoms with Gasteiger partial charge in [0.2, 0.25) is 0 Å². The van der Waals surface area contributed by atoms with E-state index in [0.29, 0.717) is 4.90 Å². The van der Waals surface area contributed by atoms with Crippen LogP contribution in [0.3, 0.4) is 0 Å². The molecule has 0 aromatic heterocycles. The number of thiocarbonyl (C=S) groups is 1. The Labute approximate surface area is 92.8 Å². The third-order valence-corrected chi connectivity index (χ3v) is 1.47. The smallest absolute Gasteiger partial charge is 0.425 e. The molecule has 0 aliphatic carbocycles. The van der Waals surface area contributed by atoms with Crippen LogP contribution in [0.2, 0.25) is 0 Å². The molecule has 80 valence electrons. The molecule has 2 amide bonds. The van der Waals surface area contributed by atoms with Crippen LogP contribution in [0.15, 0.2) is 0 Å². The van der Waals surface area contributed by atoms with E-state index in [1.807, 2.05) is 0 Å². The molecule has 0 aliphatic heterocycles. The van der Waals surface area contributed by atoms with Gasteiger partial charge in [-0.1, -0.05) is 12.2 Å². The Morgan fingerprint density at radius 2 is 1.57 bits per heavy atom. The fraction of sp³-hybridized carbons (Fsp3) is 0.571. The van der Waals surface area contributed by atoms with Gasteiger partial charge in [0, 0.05) is 0 Å². The molecule has 5 nitrogen and oxygen atoms in total. The molecule has 0 saturated heterocycles. The van der Waals surface area contributed by atoms with Gasteiger partial charge in [-0.25, -0.2) is 9.59 Å². The molecule has 0 radical (unpaired) electrons. The SMILES string of the molecule is CCOC(=O)N(C(=O)OCC)C(=S)S. The number of nitrogens with zero attached hydrogens (tertiary/aromatic N) is 1. The van der Waals surface area contributed by atoms with E-state index in [4.69, 9.17) is 0 Å². The average molecular weight is 237 g/mol. The Balaban J connectivity index is 4.51. The highest BCUT2D eigenvalue weighted by molar-refractivity contribution is 8.11. The second-order valence-electron chi connectivity index (χ2n) is 2.02. The summed E-state index contributed by atoms with van der Waals surface area (Å²) in [5.74, 6) is 0. The highest BCUT2D eigenvalue weighted by atomic mass is 32.1. The van der Waals surface area contributed by atoms with Crippen molar-refractivity contribution in [2.24, 2.45) is 0 Å². The predicted octanol–water partition coefficient (Wildman–Crippen LogP) is 1.82. The molecule has 0 saturated carbocycles. The van der Waals surface area contributed by atoms with E-state index in [-0.39, 0.29) is 17.5 Å². The van der Waals surface area contributed by atoms with E-state index in [9.17, 15) is 9.59 Å². The number of amides is 2. The maximum absolute atomic E-state index is 11.2. The van der Waals surface area contributed by atoms with Crippen molar-refractivity contribution in [3.8, 4) is 0 Å². The van der Waals surface area contributed by atoms with E-state index in [1.165, 1.54) is 0 Å². The van der Waals surface area contributed by atoms with Gasteiger partial charge in [0.25, 0.3) is 0 Å². The molecule has 0 fully saturated rings. The van der Waals surface area contributed by atoms with Crippen molar-refractivity contribution >= 4 is 41.4 Å². The third kappa shape index (κ3) is 3.93. The number of hydrogen-bond donors (Lipinski definition) is 1. The van der Waals surface area contributed by atoms with Crippen LogP contribution in [-0.2, 0) is 9.47 Å². The van der Waals surface area contributed by atoms with E-state index < -0.39 is 12.2 Å². The van der Waals surface area contributed by atoms with Crippen LogP contribution in [-0.4, -0.2) is 34.6 Å². The Hall–Kier alpha value is -0.820. The molecule has 0 atom stereocenters. The van der Waals surface area contributed by atoms with Crippen LogP contribution in [0.25, 0.3) is 0 Å². The first-order valence-corrected chi connectivity index (χ1v) is 4.76. The van der Waals surface area contributed by atoms with Crippen molar-refractivity contribution in [3.05, 3.63) is 0 Å². The molecule has 0 heterocycles. The number of imide groups is 1. The lowest BCUT2D eigenvalue weighted by atomic mass is 10.8. The fourth-order valence-corrected chi connectivity index (χ4v) is 0.919. The van der Waals surface area contributed by atoms with E-state index in [0.717, 1.165) is 0 Å². The highest BCUT2D eigenvalue weighted by Gasteiger charge is 2.26. The fourth-order valence-electron chi connectivity index (χ4n) is 0.607. The summed E-state index contributed by atoms with van der Waals surface area (Å²) in [7, 11) is 0. The largest absolute Gasteiger partial charge is 0.449 e. The van der Waals surface area contributed by atoms with Gasteiger partial charge in [0.1, 0.15) is 0 Å². The van der Waals surface area contributed by atoms with Crippen molar-refractivity contribution in [1.82, 2.24) is 4.90 Å². The quantitative estimate of drug-likeness (QED) is 0.586. The molecule has 0 aromatic carbocycles. The standard InChI is InChI=1S/C7H11NO4S2/c1-3-11-5(9)8(7(13)14)6(10)12-4-2/h3-4H2,1-2H3,(H,13,14). The highest BCUT2D eigenvalue weighted by Crippen LogP contribution is 2.03. The minimum atomic E-state index is -0.883. The molecular formula is C7H11NO4S2. The first-order chi connectivity index (χ1) is 6.54. The van der Waals surface area contributed by atoms with Crippen molar-refractivity contribution in [2.45, 2.75) is 13.8 Å². The Morgan fingerprint density at radius 3 is 1.79 bits per heavy atom. The molecule has 0 aromatic rings. The van der Waals surface area contributed by atoms with Crippen LogP contribution in [0.5, 0.6) is 0 Å². The maximum atomic E-state index is 11.2. The van der Waals surface area contributed by atoms with Crippen molar-refractivity contribution in [2.75, 3.05) is 13.2 Å². The minimum Gasteiger partial charge on any atom is -0.449 e. The summed E-state index contributed by atoms with van der Waals surface area (Å²) in [6.07, 6.45) is -1.77. The summed E-state index contributed by atoms with van der Waals surface area (Å²) in [6, 6.07) is 0. The zero-order chi connectivity index (χ0) is 11.1. The van der Waals surface area contributed by atoms with Crippen LogP contribution in [0, 0.1) is 0 Å². The second kappa shape index (κ2) is 6.61. The van der Waals surface area contributed by atoms with Crippen LogP contribution in [0.4, 0.5) is 9.59 Å². The summed E-state index contributed by atoms with van der Waals surface area (Å²) in [5.41, 5.74) is 0. The van der Waals surface area contributed by atoms with Crippen molar-refractivity contribution < 1.29 is 19.1 Å². The minimum absolute atomic E-state index is 0.144. The lowest BCUT2D eigenvalue weighted by Gasteiger charge is -2.16. The van der Waals surface area contributed by atoms with Gasteiger partial charge in [-0.15, -0.1) is 12.6 Å². The summed E-state index contributed by atoms with van der Waals surface area (Å²) >= 11 is 8.30. The maximum Gasteiger partial charge on any atom is 0.425 e. The summed E-state index contributed by atoms with van der Waals surface area (Å²) in [6.45, 7) is 3.52. The third-order valence-electron chi connectivity index (χ3n) is 1.09. The topological polar surface area (TPSA) is 55.8 Å². The second-order valence-corrected chi connectivity index (χ2v) is 3.13.